The van der Waals surface area contributed by atoms with Crippen LogP contribution in [0.4, 0.5) is 4.79 Å². The van der Waals surface area contributed by atoms with E-state index in [2.05, 4.69) is 9.72 Å². The molecule has 102 valence electrons. The number of amides is 1. The average Bonchev–Trinajstić information content (AvgIpc) is 2.75. The van der Waals surface area contributed by atoms with Crippen molar-refractivity contribution in [2.75, 3.05) is 7.05 Å². The van der Waals surface area contributed by atoms with Gasteiger partial charge in [0.1, 0.15) is 12.0 Å². The van der Waals surface area contributed by atoms with Crippen LogP contribution in [0.25, 0.3) is 5.69 Å². The van der Waals surface area contributed by atoms with E-state index in [9.17, 15) is 9.59 Å². The van der Waals surface area contributed by atoms with E-state index in [1.807, 2.05) is 0 Å². The molecule has 7 nitrogen and oxygen atoms in total. The van der Waals surface area contributed by atoms with E-state index >= 15 is 0 Å². The minimum atomic E-state index is -1.43. The number of ether oxygens (including phenoxy) is 1. The Bertz CT molecular complexity index is 707. The number of rotatable bonds is 1. The van der Waals surface area contributed by atoms with Gasteiger partial charge in [-0.25, -0.2) is 9.78 Å². The minimum absolute atomic E-state index is 0.00569. The first-order valence-electron chi connectivity index (χ1n) is 5.90. The highest BCUT2D eigenvalue weighted by molar-refractivity contribution is 5.98. The molecule has 0 bridgehead atoms. The molecule has 0 fully saturated rings. The molecule has 0 saturated carbocycles. The SMILES string of the molecule is CN1Cc2c(OC(=O)O)ncn2-c2ccccc2C1=O. The molecule has 7 heteroatoms. The fourth-order valence-electron chi connectivity index (χ4n) is 2.24. The fourth-order valence-corrected chi connectivity index (χ4v) is 2.24. The first kappa shape index (κ1) is 12.2. The Morgan fingerprint density at radius 1 is 1.40 bits per heavy atom. The van der Waals surface area contributed by atoms with Gasteiger partial charge in [0.25, 0.3) is 5.91 Å². The van der Waals surface area contributed by atoms with Gasteiger partial charge in [0.2, 0.25) is 5.88 Å². The largest absolute Gasteiger partial charge is 0.512 e. The summed E-state index contributed by atoms with van der Waals surface area (Å²) in [5.74, 6) is -0.139. The molecule has 2 aromatic rings. The van der Waals surface area contributed by atoms with Gasteiger partial charge >= 0.3 is 6.16 Å². The smallest absolute Gasteiger partial charge is 0.449 e. The van der Waals surface area contributed by atoms with Crippen LogP contribution in [0.5, 0.6) is 5.88 Å². The van der Waals surface area contributed by atoms with Gasteiger partial charge in [-0.1, -0.05) is 12.1 Å². The minimum Gasteiger partial charge on any atom is -0.449 e. The second-order valence-corrected chi connectivity index (χ2v) is 4.41. The van der Waals surface area contributed by atoms with Crippen LogP contribution >= 0.6 is 0 Å². The lowest BCUT2D eigenvalue weighted by molar-refractivity contribution is 0.0787. The van der Waals surface area contributed by atoms with Crippen LogP contribution < -0.4 is 4.74 Å². The molecular weight excluding hydrogens is 262 g/mol. The van der Waals surface area contributed by atoms with E-state index < -0.39 is 6.16 Å². The summed E-state index contributed by atoms with van der Waals surface area (Å²) < 4.78 is 6.33. The van der Waals surface area contributed by atoms with E-state index in [0.29, 0.717) is 16.9 Å². The van der Waals surface area contributed by atoms with Crippen LogP contribution in [-0.2, 0) is 6.54 Å². The maximum Gasteiger partial charge on any atom is 0.512 e. The molecule has 0 aliphatic carbocycles. The second-order valence-electron chi connectivity index (χ2n) is 4.41. The number of fused-ring (bicyclic) bond motifs is 3. The zero-order valence-electron chi connectivity index (χ0n) is 10.6. The maximum atomic E-state index is 12.3. The highest BCUT2D eigenvalue weighted by atomic mass is 16.7. The van der Waals surface area contributed by atoms with Crippen LogP contribution in [-0.4, -0.2) is 38.7 Å². The molecule has 0 unspecified atom stereocenters. The highest BCUT2D eigenvalue weighted by Gasteiger charge is 2.27. The standard InChI is InChI=1S/C13H11N3O4/c1-15-6-10-11(20-13(18)19)14-7-16(10)9-5-3-2-4-8(9)12(15)17/h2-5,7H,6H2,1H3,(H,18,19). The Kier molecular flexibility index (Phi) is 2.67. The number of para-hydroxylation sites is 1. The van der Waals surface area contributed by atoms with Gasteiger partial charge in [-0.2, -0.15) is 0 Å². The van der Waals surface area contributed by atoms with Crippen molar-refractivity contribution in [3.63, 3.8) is 0 Å². The molecule has 0 saturated heterocycles. The fraction of sp³-hybridized carbons (Fsp3) is 0.154. The van der Waals surface area contributed by atoms with E-state index in [4.69, 9.17) is 5.11 Å². The lowest BCUT2D eigenvalue weighted by atomic mass is 10.1. The lowest BCUT2D eigenvalue weighted by Gasteiger charge is -2.14. The molecule has 0 atom stereocenters. The number of carbonyl (C=O) groups excluding carboxylic acids is 1. The van der Waals surface area contributed by atoms with Crippen molar-refractivity contribution < 1.29 is 19.4 Å². The quantitative estimate of drug-likeness (QED) is 0.796. The van der Waals surface area contributed by atoms with Crippen molar-refractivity contribution in [1.29, 1.82) is 0 Å². The van der Waals surface area contributed by atoms with Gasteiger partial charge < -0.3 is 14.7 Å². The van der Waals surface area contributed by atoms with Crippen molar-refractivity contribution in [2.45, 2.75) is 6.54 Å². The molecule has 1 aromatic heterocycles. The van der Waals surface area contributed by atoms with Gasteiger partial charge in [-0.3, -0.25) is 9.36 Å². The van der Waals surface area contributed by atoms with Crippen molar-refractivity contribution >= 4 is 12.1 Å². The Balaban J connectivity index is 2.20. The summed E-state index contributed by atoms with van der Waals surface area (Å²) in [6, 6.07) is 7.09. The third-order valence-corrected chi connectivity index (χ3v) is 3.14. The van der Waals surface area contributed by atoms with Crippen LogP contribution in [0.1, 0.15) is 16.1 Å². The molecule has 2 heterocycles. The Hall–Kier alpha value is -2.83. The average molecular weight is 273 g/mol. The number of imidazole rings is 1. The Labute approximate surface area is 114 Å². The summed E-state index contributed by atoms with van der Waals surface area (Å²) in [4.78, 5) is 28.4. The topological polar surface area (TPSA) is 84.7 Å². The summed E-state index contributed by atoms with van der Waals surface area (Å²) in [5, 5.41) is 8.72. The number of carboxylic acid groups (broad SMARTS) is 1. The van der Waals surface area contributed by atoms with Crippen molar-refractivity contribution in [3.05, 3.63) is 41.9 Å². The third kappa shape index (κ3) is 1.80. The molecule has 1 N–H and O–H groups in total. The number of hydrogen-bond acceptors (Lipinski definition) is 4. The number of aromatic nitrogens is 2. The normalized spacial score (nSPS) is 13.4. The van der Waals surface area contributed by atoms with Gasteiger partial charge in [0.05, 0.1) is 17.8 Å². The summed E-state index contributed by atoms with van der Waals surface area (Å²) in [6.45, 7) is 0.218. The third-order valence-electron chi connectivity index (χ3n) is 3.14. The molecule has 20 heavy (non-hydrogen) atoms. The molecule has 1 aliphatic rings. The molecule has 1 aliphatic heterocycles. The predicted octanol–water partition coefficient (Wildman–Crippen LogP) is 1.51. The molecule has 3 rings (SSSR count). The Morgan fingerprint density at radius 3 is 2.90 bits per heavy atom. The van der Waals surface area contributed by atoms with Crippen molar-refractivity contribution in [2.24, 2.45) is 0 Å². The number of hydrogen-bond donors (Lipinski definition) is 1. The summed E-state index contributed by atoms with van der Waals surface area (Å²) in [7, 11) is 1.65. The summed E-state index contributed by atoms with van der Waals surface area (Å²) in [5.41, 5.74) is 1.71. The maximum absolute atomic E-state index is 12.3. The Morgan fingerprint density at radius 2 is 2.15 bits per heavy atom. The zero-order valence-corrected chi connectivity index (χ0v) is 10.6. The van der Waals surface area contributed by atoms with Gasteiger partial charge in [-0.15, -0.1) is 0 Å². The first-order valence-corrected chi connectivity index (χ1v) is 5.90. The van der Waals surface area contributed by atoms with Crippen LogP contribution in [0.2, 0.25) is 0 Å². The molecule has 0 radical (unpaired) electrons. The van der Waals surface area contributed by atoms with Crippen LogP contribution in [0.15, 0.2) is 30.6 Å². The number of carbonyl (C=O) groups is 2. The summed E-state index contributed by atoms with van der Waals surface area (Å²) >= 11 is 0. The molecular formula is C13H11N3O4. The zero-order chi connectivity index (χ0) is 14.3. The highest BCUT2D eigenvalue weighted by Crippen LogP contribution is 2.28. The van der Waals surface area contributed by atoms with Gasteiger partial charge in [0, 0.05) is 7.05 Å². The van der Waals surface area contributed by atoms with Crippen molar-refractivity contribution in [1.82, 2.24) is 14.5 Å². The van der Waals surface area contributed by atoms with Crippen molar-refractivity contribution in [3.8, 4) is 11.6 Å². The first-order chi connectivity index (χ1) is 9.58. The van der Waals surface area contributed by atoms with Gasteiger partial charge in [0.15, 0.2) is 0 Å². The van der Waals surface area contributed by atoms with Crippen LogP contribution in [0, 0.1) is 0 Å². The van der Waals surface area contributed by atoms with E-state index in [0.717, 1.165) is 0 Å². The van der Waals surface area contributed by atoms with E-state index in [1.165, 1.54) is 11.2 Å². The molecule has 0 spiro atoms. The molecule has 1 aromatic carbocycles. The van der Waals surface area contributed by atoms with E-state index in [1.54, 1.807) is 35.9 Å². The monoisotopic (exact) mass is 273 g/mol. The molecule has 1 amide bonds. The number of nitrogens with zero attached hydrogens (tertiary/aromatic N) is 3. The predicted molar refractivity (Wildman–Crippen MR) is 68.0 cm³/mol. The second kappa shape index (κ2) is 4.37. The van der Waals surface area contributed by atoms with Gasteiger partial charge in [-0.05, 0) is 12.1 Å². The van der Waals surface area contributed by atoms with E-state index in [-0.39, 0.29) is 18.3 Å². The lowest BCUT2D eigenvalue weighted by Crippen LogP contribution is -2.25. The summed E-state index contributed by atoms with van der Waals surface area (Å²) in [6.07, 6.45) is 0.0248. The van der Waals surface area contributed by atoms with Crippen LogP contribution in [0.3, 0.4) is 0 Å². The number of benzene rings is 1.